The van der Waals surface area contributed by atoms with Crippen LogP contribution >= 0.6 is 0 Å². The highest BCUT2D eigenvalue weighted by atomic mass is 16.4. The Balaban J connectivity index is 1.98. The minimum Gasteiger partial charge on any atom is -0.411 e. The lowest BCUT2D eigenvalue weighted by molar-refractivity contribution is 0.306. The summed E-state index contributed by atoms with van der Waals surface area (Å²) in [4.78, 5) is 3.87. The van der Waals surface area contributed by atoms with Gasteiger partial charge in [0.15, 0.2) is 0 Å². The second-order valence-corrected chi connectivity index (χ2v) is 4.02. The Kier molecular flexibility index (Phi) is 3.32. The first kappa shape index (κ1) is 10.1. The molecule has 0 unspecified atom stereocenters. The Hall–Kier alpha value is -1.39. The summed E-state index contributed by atoms with van der Waals surface area (Å²) < 4.78 is 1.70. The van der Waals surface area contributed by atoms with Gasteiger partial charge in [0.25, 0.3) is 0 Å². The summed E-state index contributed by atoms with van der Waals surface area (Å²) in [5.41, 5.74) is 0.834. The Morgan fingerprint density at radius 1 is 1.40 bits per heavy atom. The van der Waals surface area contributed by atoms with Gasteiger partial charge in [-0.3, -0.25) is 0 Å². The lowest BCUT2D eigenvalue weighted by Crippen LogP contribution is -2.23. The molecule has 1 aromatic rings. The van der Waals surface area contributed by atoms with Crippen LogP contribution in [0.2, 0.25) is 0 Å². The molecule has 15 heavy (non-hydrogen) atoms. The van der Waals surface area contributed by atoms with Crippen LogP contribution in [0, 0.1) is 5.92 Å². The maximum Gasteiger partial charge on any atom is 0.137 e. The molecule has 0 atom stereocenters. The molecule has 0 aromatic carbocycles. The van der Waals surface area contributed by atoms with Crippen molar-refractivity contribution in [1.82, 2.24) is 14.8 Å². The molecule has 0 amide bonds. The van der Waals surface area contributed by atoms with E-state index in [-0.39, 0.29) is 0 Å². The Bertz CT molecular complexity index is 314. The zero-order chi connectivity index (χ0) is 10.5. The number of oxime groups is 1. The van der Waals surface area contributed by atoms with Crippen molar-refractivity contribution in [1.29, 1.82) is 0 Å². The third-order valence-electron chi connectivity index (χ3n) is 3.00. The van der Waals surface area contributed by atoms with Gasteiger partial charge in [0.05, 0.1) is 12.3 Å². The lowest BCUT2D eigenvalue weighted by atomic mass is 9.86. The molecule has 0 spiro atoms. The monoisotopic (exact) mass is 208 g/mol. The molecule has 0 aliphatic heterocycles. The van der Waals surface area contributed by atoms with Crippen molar-refractivity contribution in [2.24, 2.45) is 11.1 Å². The van der Waals surface area contributed by atoms with Crippen LogP contribution in [0.3, 0.4) is 0 Å². The minimum absolute atomic E-state index is 0.424. The molecule has 1 fully saturated rings. The molecular formula is C10H16N4O. The molecule has 1 aliphatic rings. The number of nitrogens with zero attached hydrogens (tertiary/aromatic N) is 4. The van der Waals surface area contributed by atoms with Gasteiger partial charge in [-0.25, -0.2) is 9.67 Å². The van der Waals surface area contributed by atoms with Gasteiger partial charge in [0.1, 0.15) is 12.7 Å². The van der Waals surface area contributed by atoms with E-state index in [9.17, 15) is 0 Å². The third kappa shape index (κ3) is 2.55. The fraction of sp³-hybridized carbons (Fsp3) is 0.700. The fourth-order valence-corrected chi connectivity index (χ4v) is 2.16. The molecule has 1 N–H and O–H groups in total. The van der Waals surface area contributed by atoms with Gasteiger partial charge in [0.2, 0.25) is 0 Å². The second kappa shape index (κ2) is 4.91. The maximum absolute atomic E-state index is 9.00. The number of hydrogen-bond donors (Lipinski definition) is 1. The molecule has 5 heteroatoms. The molecule has 1 heterocycles. The summed E-state index contributed by atoms with van der Waals surface area (Å²) in [6.07, 6.45) is 9.19. The number of aromatic nitrogens is 3. The molecule has 5 nitrogen and oxygen atoms in total. The summed E-state index contributed by atoms with van der Waals surface area (Å²) in [7, 11) is 0. The molecular weight excluding hydrogens is 192 g/mol. The van der Waals surface area contributed by atoms with E-state index < -0.39 is 0 Å². The molecule has 1 saturated carbocycles. The van der Waals surface area contributed by atoms with Crippen LogP contribution in [0.25, 0.3) is 0 Å². The van der Waals surface area contributed by atoms with Gasteiger partial charge < -0.3 is 5.21 Å². The average molecular weight is 208 g/mol. The first-order valence-electron chi connectivity index (χ1n) is 5.43. The summed E-state index contributed by atoms with van der Waals surface area (Å²) in [5, 5.41) is 16.4. The van der Waals surface area contributed by atoms with E-state index in [2.05, 4.69) is 15.2 Å². The summed E-state index contributed by atoms with van der Waals surface area (Å²) in [5.74, 6) is 0.424. The predicted molar refractivity (Wildman–Crippen MR) is 55.8 cm³/mol. The van der Waals surface area contributed by atoms with Crippen molar-refractivity contribution in [2.45, 2.75) is 38.6 Å². The topological polar surface area (TPSA) is 63.3 Å². The first-order valence-corrected chi connectivity index (χ1v) is 5.43. The number of hydrogen-bond acceptors (Lipinski definition) is 4. The van der Waals surface area contributed by atoms with Crippen molar-refractivity contribution in [3.63, 3.8) is 0 Å². The van der Waals surface area contributed by atoms with Gasteiger partial charge in [-0.1, -0.05) is 24.4 Å². The largest absolute Gasteiger partial charge is 0.411 e. The highest BCUT2D eigenvalue weighted by Gasteiger charge is 2.20. The van der Waals surface area contributed by atoms with E-state index in [1.165, 1.54) is 25.6 Å². The Morgan fingerprint density at radius 3 is 2.80 bits per heavy atom. The molecule has 1 aromatic heterocycles. The smallest absolute Gasteiger partial charge is 0.137 e. The van der Waals surface area contributed by atoms with E-state index in [1.54, 1.807) is 11.0 Å². The summed E-state index contributed by atoms with van der Waals surface area (Å²) in [6, 6.07) is 0. The van der Waals surface area contributed by atoms with Crippen LogP contribution < -0.4 is 0 Å². The van der Waals surface area contributed by atoms with Crippen LogP contribution in [-0.2, 0) is 6.54 Å². The predicted octanol–water partition coefficient (Wildman–Crippen LogP) is 1.69. The van der Waals surface area contributed by atoms with Crippen LogP contribution in [0.4, 0.5) is 0 Å². The molecule has 2 rings (SSSR count). The maximum atomic E-state index is 9.00. The second-order valence-electron chi connectivity index (χ2n) is 4.02. The summed E-state index contributed by atoms with van der Waals surface area (Å²) >= 11 is 0. The lowest BCUT2D eigenvalue weighted by Gasteiger charge is -2.22. The van der Waals surface area contributed by atoms with Crippen LogP contribution in [-0.4, -0.2) is 25.7 Å². The zero-order valence-electron chi connectivity index (χ0n) is 8.71. The van der Waals surface area contributed by atoms with E-state index in [1.807, 2.05) is 0 Å². The molecule has 0 saturated heterocycles. The van der Waals surface area contributed by atoms with Crippen LogP contribution in [0.15, 0.2) is 17.8 Å². The molecule has 82 valence electrons. The standard InChI is InChI=1S/C10H16N4O/c15-13-10(6-14-8-11-7-12-14)9-4-2-1-3-5-9/h7-9,15H,1-6H2/b13-10+. The highest BCUT2D eigenvalue weighted by molar-refractivity contribution is 5.86. The van der Waals surface area contributed by atoms with Crippen molar-refractivity contribution >= 4 is 5.71 Å². The van der Waals surface area contributed by atoms with Gasteiger partial charge in [-0.2, -0.15) is 5.10 Å². The van der Waals surface area contributed by atoms with Gasteiger partial charge in [0, 0.05) is 5.92 Å². The van der Waals surface area contributed by atoms with E-state index in [0.29, 0.717) is 12.5 Å². The quantitative estimate of drug-likeness (QED) is 0.467. The van der Waals surface area contributed by atoms with Crippen LogP contribution in [0.5, 0.6) is 0 Å². The molecule has 1 aliphatic carbocycles. The van der Waals surface area contributed by atoms with Crippen LogP contribution in [0.1, 0.15) is 32.1 Å². The van der Waals surface area contributed by atoms with Crippen molar-refractivity contribution in [3.05, 3.63) is 12.7 Å². The highest BCUT2D eigenvalue weighted by Crippen LogP contribution is 2.25. The summed E-state index contributed by atoms with van der Waals surface area (Å²) in [6.45, 7) is 0.557. The average Bonchev–Trinajstić information content (AvgIpc) is 2.80. The Morgan fingerprint density at radius 2 is 2.20 bits per heavy atom. The van der Waals surface area contributed by atoms with Gasteiger partial charge >= 0.3 is 0 Å². The first-order chi connectivity index (χ1) is 7.40. The van der Waals surface area contributed by atoms with Crippen molar-refractivity contribution in [3.8, 4) is 0 Å². The zero-order valence-corrected chi connectivity index (χ0v) is 8.71. The third-order valence-corrected chi connectivity index (χ3v) is 3.00. The van der Waals surface area contributed by atoms with E-state index in [4.69, 9.17) is 5.21 Å². The minimum atomic E-state index is 0.424. The number of rotatable bonds is 3. The molecule has 0 radical (unpaired) electrons. The van der Waals surface area contributed by atoms with E-state index >= 15 is 0 Å². The van der Waals surface area contributed by atoms with Gasteiger partial charge in [-0.15, -0.1) is 0 Å². The normalized spacial score (nSPS) is 19.3. The SMILES string of the molecule is O/N=C(\Cn1cncn1)C1CCCCC1. The Labute approximate surface area is 88.8 Å². The van der Waals surface area contributed by atoms with Crippen molar-refractivity contribution < 1.29 is 5.21 Å². The fourth-order valence-electron chi connectivity index (χ4n) is 2.16. The molecule has 0 bridgehead atoms. The van der Waals surface area contributed by atoms with Gasteiger partial charge in [-0.05, 0) is 12.8 Å². The van der Waals surface area contributed by atoms with E-state index in [0.717, 1.165) is 18.6 Å². The van der Waals surface area contributed by atoms with Crippen molar-refractivity contribution in [2.75, 3.05) is 0 Å².